The summed E-state index contributed by atoms with van der Waals surface area (Å²) in [5, 5.41) is 0. The lowest BCUT2D eigenvalue weighted by Gasteiger charge is -2.58. The molecule has 0 saturated heterocycles. The van der Waals surface area contributed by atoms with Gasteiger partial charge in [-0.05, 0) is 50.4 Å². The van der Waals surface area contributed by atoms with Gasteiger partial charge in [0.2, 0.25) is 0 Å². The largest absolute Gasteiger partial charge is 0.469 e. The average molecular weight is 330 g/mol. The minimum Gasteiger partial charge on any atom is -0.469 e. The van der Waals surface area contributed by atoms with E-state index in [0.29, 0.717) is 6.42 Å². The van der Waals surface area contributed by atoms with E-state index in [9.17, 15) is 13.2 Å². The Labute approximate surface area is 133 Å². The molecule has 6 atom stereocenters. The van der Waals surface area contributed by atoms with Crippen molar-refractivity contribution >= 4 is 16.1 Å². The zero-order valence-electron chi connectivity index (χ0n) is 14.0. The van der Waals surface area contributed by atoms with Crippen LogP contribution < -0.4 is 0 Å². The molecular weight excluding hydrogens is 304 g/mol. The molecule has 3 aliphatic rings. The molecule has 0 heterocycles. The van der Waals surface area contributed by atoms with Gasteiger partial charge in [-0.3, -0.25) is 8.98 Å². The van der Waals surface area contributed by atoms with Gasteiger partial charge in [0, 0.05) is 0 Å². The van der Waals surface area contributed by atoms with Crippen LogP contribution in [0, 0.1) is 29.1 Å². The molecule has 0 aromatic heterocycles. The van der Waals surface area contributed by atoms with E-state index >= 15 is 0 Å². The molecule has 6 heteroatoms. The van der Waals surface area contributed by atoms with Crippen LogP contribution in [0.1, 0.15) is 33.6 Å². The first kappa shape index (κ1) is 17.5. The summed E-state index contributed by atoms with van der Waals surface area (Å²) in [5.41, 5.74) is 0.443. The molecule has 3 fully saturated rings. The third kappa shape index (κ3) is 2.83. The van der Waals surface area contributed by atoms with Crippen molar-refractivity contribution < 1.29 is 22.1 Å². The van der Waals surface area contributed by atoms with Crippen LogP contribution in [0.3, 0.4) is 0 Å². The molecule has 0 aromatic rings. The van der Waals surface area contributed by atoms with Crippen LogP contribution in [-0.2, 0) is 23.8 Å². The van der Waals surface area contributed by atoms with E-state index in [0.717, 1.165) is 18.2 Å². The summed E-state index contributed by atoms with van der Waals surface area (Å²) in [5.74, 6) is -0.0547. The Balaban J connectivity index is 2.41. The Hall–Kier alpha value is -0.880. The van der Waals surface area contributed by atoms with Crippen LogP contribution in [0.25, 0.3) is 0 Å². The van der Waals surface area contributed by atoms with Crippen molar-refractivity contribution in [3.63, 3.8) is 0 Å². The maximum atomic E-state index is 12.3. The lowest BCUT2D eigenvalue weighted by molar-refractivity contribution is -0.179. The third-order valence-corrected chi connectivity index (χ3v) is 6.22. The maximum Gasteiger partial charge on any atom is 0.311 e. The van der Waals surface area contributed by atoms with Crippen LogP contribution in [0.15, 0.2) is 12.2 Å². The van der Waals surface area contributed by atoms with Crippen LogP contribution in [0.4, 0.5) is 0 Å². The Morgan fingerprint density at radius 1 is 1.36 bits per heavy atom. The normalized spacial score (nSPS) is 41.2. The molecule has 3 saturated carbocycles. The number of ether oxygens (including phenoxy) is 1. The molecule has 3 rings (SSSR count). The van der Waals surface area contributed by atoms with E-state index in [1.165, 1.54) is 7.11 Å². The molecule has 0 unspecified atom stereocenters. The molecule has 22 heavy (non-hydrogen) atoms. The molecule has 0 N–H and O–H groups in total. The van der Waals surface area contributed by atoms with Crippen molar-refractivity contribution in [2.75, 3.05) is 13.4 Å². The predicted molar refractivity (Wildman–Crippen MR) is 83.5 cm³/mol. The van der Waals surface area contributed by atoms with Crippen molar-refractivity contribution in [1.82, 2.24) is 0 Å². The van der Waals surface area contributed by atoms with Crippen molar-refractivity contribution in [2.24, 2.45) is 29.1 Å². The molecule has 2 bridgehead atoms. The van der Waals surface area contributed by atoms with Gasteiger partial charge in [0.25, 0.3) is 10.1 Å². The Morgan fingerprint density at radius 3 is 2.41 bits per heavy atom. The van der Waals surface area contributed by atoms with Gasteiger partial charge in [-0.1, -0.05) is 19.1 Å². The molecular formula is C16H26O5S. The number of esters is 1. The molecule has 3 aliphatic carbocycles. The summed E-state index contributed by atoms with van der Waals surface area (Å²) in [6.45, 7) is 9.91. The average Bonchev–Trinajstić information content (AvgIpc) is 2.40. The predicted octanol–water partition coefficient (Wildman–Crippen LogP) is 2.38. The highest BCUT2D eigenvalue weighted by Crippen LogP contribution is 2.59. The van der Waals surface area contributed by atoms with E-state index in [1.54, 1.807) is 0 Å². The van der Waals surface area contributed by atoms with Gasteiger partial charge >= 0.3 is 5.97 Å². The lowest BCUT2D eigenvalue weighted by atomic mass is 9.48. The molecule has 0 amide bonds. The quantitative estimate of drug-likeness (QED) is 0.450. The third-order valence-electron chi connectivity index (χ3n) is 5.65. The van der Waals surface area contributed by atoms with Gasteiger partial charge in [0.15, 0.2) is 0 Å². The highest BCUT2D eigenvalue weighted by atomic mass is 32.2. The van der Waals surface area contributed by atoms with Crippen molar-refractivity contribution in [2.45, 2.75) is 39.7 Å². The second-order valence-electron chi connectivity index (χ2n) is 7.20. The highest BCUT2D eigenvalue weighted by molar-refractivity contribution is 7.86. The van der Waals surface area contributed by atoms with Gasteiger partial charge in [-0.2, -0.15) is 8.42 Å². The van der Waals surface area contributed by atoms with Crippen molar-refractivity contribution in [3.05, 3.63) is 12.2 Å². The number of hydrogen-bond donors (Lipinski definition) is 0. The first-order chi connectivity index (χ1) is 10.0. The summed E-state index contributed by atoms with van der Waals surface area (Å²) >= 11 is 0. The van der Waals surface area contributed by atoms with E-state index < -0.39 is 21.6 Å². The molecule has 0 aliphatic heterocycles. The summed E-state index contributed by atoms with van der Waals surface area (Å²) in [6, 6.07) is 0. The molecule has 126 valence electrons. The van der Waals surface area contributed by atoms with Gasteiger partial charge in [0.1, 0.15) is 0 Å². The van der Waals surface area contributed by atoms with Crippen LogP contribution in [-0.4, -0.2) is 33.9 Å². The molecule has 0 radical (unpaired) electrons. The minimum atomic E-state index is -3.54. The Morgan fingerprint density at radius 2 is 1.95 bits per heavy atom. The molecule has 0 spiro atoms. The van der Waals surface area contributed by atoms with Gasteiger partial charge < -0.3 is 4.74 Å². The van der Waals surface area contributed by atoms with E-state index in [4.69, 9.17) is 8.92 Å². The zero-order valence-corrected chi connectivity index (χ0v) is 14.8. The summed E-state index contributed by atoms with van der Waals surface area (Å²) < 4.78 is 33.6. The number of carbonyl (C=O) groups is 1. The fourth-order valence-electron chi connectivity index (χ4n) is 4.65. The zero-order chi connectivity index (χ0) is 16.9. The Bertz CT molecular complexity index is 581. The smallest absolute Gasteiger partial charge is 0.311 e. The second kappa shape index (κ2) is 5.64. The first-order valence-electron chi connectivity index (χ1n) is 7.63. The van der Waals surface area contributed by atoms with E-state index in [2.05, 4.69) is 6.58 Å². The number of allylic oxidation sites excluding steroid dienone is 1. The van der Waals surface area contributed by atoms with Gasteiger partial charge in [-0.25, -0.2) is 0 Å². The van der Waals surface area contributed by atoms with Crippen LogP contribution in [0.5, 0.6) is 0 Å². The summed E-state index contributed by atoms with van der Waals surface area (Å²) in [7, 11) is -2.13. The SMILES string of the molecule is C=C(C)[C@@H]1C[C@@H]2[C@H](C)[C@H](OS(C)(=O)=O)[C@H]1C[C@@]2(C)C(=O)OC. The monoisotopic (exact) mass is 330 g/mol. The highest BCUT2D eigenvalue weighted by Gasteiger charge is 2.60. The number of rotatable bonds is 4. The van der Waals surface area contributed by atoms with E-state index in [-0.39, 0.29) is 29.6 Å². The van der Waals surface area contributed by atoms with Crippen LogP contribution in [0.2, 0.25) is 0 Å². The number of fused-ring (bicyclic) bond motifs is 3. The molecule has 5 nitrogen and oxygen atoms in total. The number of hydrogen-bond acceptors (Lipinski definition) is 5. The van der Waals surface area contributed by atoms with Gasteiger partial charge in [0.05, 0.1) is 24.9 Å². The summed E-state index contributed by atoms with van der Waals surface area (Å²) in [4.78, 5) is 12.3. The minimum absolute atomic E-state index is 0.0202. The molecule has 0 aromatic carbocycles. The lowest BCUT2D eigenvalue weighted by Crippen LogP contribution is -2.59. The fraction of sp³-hybridized carbons (Fsp3) is 0.812. The number of methoxy groups -OCH3 is 1. The van der Waals surface area contributed by atoms with Crippen LogP contribution >= 0.6 is 0 Å². The van der Waals surface area contributed by atoms with Crippen molar-refractivity contribution in [3.8, 4) is 0 Å². The van der Waals surface area contributed by atoms with E-state index in [1.807, 2.05) is 20.8 Å². The fourth-order valence-corrected chi connectivity index (χ4v) is 5.37. The topological polar surface area (TPSA) is 69.7 Å². The first-order valence-corrected chi connectivity index (χ1v) is 9.45. The van der Waals surface area contributed by atoms with Crippen molar-refractivity contribution in [1.29, 1.82) is 0 Å². The maximum absolute atomic E-state index is 12.3. The standard InChI is InChI=1S/C16H26O5S/c1-9(2)11-7-13-10(3)14(21-22(6,18)19)12(11)8-16(13,4)15(17)20-5/h10-14H,1,7-8H2,2-6H3/t10-,11-,12-,13+,14-,16+/m0/s1. The number of carbonyl (C=O) groups excluding carboxylic acids is 1. The Kier molecular flexibility index (Phi) is 4.48. The van der Waals surface area contributed by atoms with Gasteiger partial charge in [-0.15, -0.1) is 0 Å². The summed E-state index contributed by atoms with van der Waals surface area (Å²) in [6.07, 6.45) is 2.09. The second-order valence-corrected chi connectivity index (χ2v) is 8.80.